The van der Waals surface area contributed by atoms with Crippen molar-refractivity contribution in [2.24, 2.45) is 5.92 Å². The molecule has 0 amide bonds. The Bertz CT molecular complexity index is 1440. The number of methoxy groups -OCH3 is 1. The van der Waals surface area contributed by atoms with Gasteiger partial charge in [0, 0.05) is 10.6 Å². The van der Waals surface area contributed by atoms with E-state index in [0.717, 1.165) is 41.5 Å². The number of sulfonamides is 1. The van der Waals surface area contributed by atoms with Crippen LogP contribution in [-0.4, -0.2) is 26.6 Å². The molecule has 0 radical (unpaired) electrons. The van der Waals surface area contributed by atoms with Crippen LogP contribution in [0.25, 0.3) is 0 Å². The van der Waals surface area contributed by atoms with Gasteiger partial charge in [0.05, 0.1) is 23.3 Å². The molecular weight excluding hydrogens is 527 g/mol. The summed E-state index contributed by atoms with van der Waals surface area (Å²) < 4.78 is 33.8. The fourth-order valence-corrected chi connectivity index (χ4v) is 7.56. The summed E-state index contributed by atoms with van der Waals surface area (Å²) in [6.07, 6.45) is 2.80. The van der Waals surface area contributed by atoms with Gasteiger partial charge < -0.3 is 15.4 Å². The number of hydrogen-bond acceptors (Lipinski definition) is 6. The number of carbonyl (C=O) groups excluding carboxylic acids is 1. The van der Waals surface area contributed by atoms with E-state index in [4.69, 9.17) is 17.0 Å². The molecule has 4 rings (SSSR count). The van der Waals surface area contributed by atoms with Crippen LogP contribution in [0.2, 0.25) is 0 Å². The Balaban J connectivity index is 1.48. The van der Waals surface area contributed by atoms with Crippen LogP contribution >= 0.6 is 23.6 Å². The summed E-state index contributed by atoms with van der Waals surface area (Å²) in [5.41, 5.74) is 5.61. The van der Waals surface area contributed by atoms with Crippen LogP contribution in [0.1, 0.15) is 50.8 Å². The normalized spacial score (nSPS) is 15.0. The van der Waals surface area contributed by atoms with Crippen LogP contribution in [0, 0.1) is 26.7 Å². The molecule has 0 aliphatic heterocycles. The highest BCUT2D eigenvalue weighted by Crippen LogP contribution is 2.40. The lowest BCUT2D eigenvalue weighted by molar-refractivity contribution is 0.0600. The topological polar surface area (TPSA) is 96.5 Å². The number of carbonyl (C=O) groups is 1. The lowest BCUT2D eigenvalue weighted by atomic mass is 9.88. The third-order valence-electron chi connectivity index (χ3n) is 6.46. The smallest absolute Gasteiger partial charge is 0.341 e. The number of aryl methyl sites for hydroxylation is 3. The Labute approximate surface area is 227 Å². The van der Waals surface area contributed by atoms with E-state index in [1.54, 1.807) is 12.1 Å². The molecule has 0 saturated carbocycles. The summed E-state index contributed by atoms with van der Waals surface area (Å²) in [4.78, 5) is 13.9. The van der Waals surface area contributed by atoms with Crippen molar-refractivity contribution in [3.05, 3.63) is 69.1 Å². The number of anilines is 3. The Morgan fingerprint density at radius 1 is 1.08 bits per heavy atom. The highest BCUT2D eigenvalue weighted by molar-refractivity contribution is 7.92. The van der Waals surface area contributed by atoms with Crippen LogP contribution in [0.3, 0.4) is 0 Å². The highest BCUT2D eigenvalue weighted by atomic mass is 32.2. The minimum Gasteiger partial charge on any atom is -0.465 e. The number of fused-ring (bicyclic) bond motifs is 1. The van der Waals surface area contributed by atoms with E-state index in [9.17, 15) is 13.2 Å². The van der Waals surface area contributed by atoms with Crippen LogP contribution in [0.4, 0.5) is 16.4 Å². The average Bonchev–Trinajstić information content (AvgIpc) is 3.17. The van der Waals surface area contributed by atoms with Crippen LogP contribution < -0.4 is 15.4 Å². The van der Waals surface area contributed by atoms with Gasteiger partial charge in [-0.3, -0.25) is 4.72 Å². The monoisotopic (exact) mass is 557 g/mol. The van der Waals surface area contributed by atoms with Crippen LogP contribution in [0.5, 0.6) is 0 Å². The molecule has 0 bridgehead atoms. The van der Waals surface area contributed by atoms with E-state index < -0.39 is 10.0 Å². The number of hydrogen-bond donors (Lipinski definition) is 3. The first kappa shape index (κ1) is 27.1. The maximum Gasteiger partial charge on any atom is 0.341 e. The predicted molar refractivity (Wildman–Crippen MR) is 155 cm³/mol. The molecule has 3 N–H and O–H groups in total. The van der Waals surface area contributed by atoms with Gasteiger partial charge in [-0.25, -0.2) is 13.2 Å². The molecule has 1 aliphatic rings. The fourth-order valence-electron chi connectivity index (χ4n) is 4.67. The summed E-state index contributed by atoms with van der Waals surface area (Å²) in [6, 6.07) is 10.2. The van der Waals surface area contributed by atoms with Gasteiger partial charge in [0.2, 0.25) is 0 Å². The first-order valence-corrected chi connectivity index (χ1v) is 14.7. The summed E-state index contributed by atoms with van der Waals surface area (Å²) in [7, 11) is -2.39. The van der Waals surface area contributed by atoms with Gasteiger partial charge >= 0.3 is 5.97 Å². The standard InChI is InChI=1S/C27H31N3O4S3/c1-15-6-11-21-22(14-15)36-25(23(21)26(31)34-5)29-27(35)28-19-7-9-20(10-8-19)37(32,33)30-24-17(3)12-16(2)13-18(24)4/h7-10,12-13,15,30H,6,11,14H2,1-5H3,(H2,28,29,35). The van der Waals surface area contributed by atoms with E-state index in [2.05, 4.69) is 22.3 Å². The second-order valence-electron chi connectivity index (χ2n) is 9.53. The zero-order valence-electron chi connectivity index (χ0n) is 21.5. The van der Waals surface area contributed by atoms with E-state index >= 15 is 0 Å². The molecule has 1 aromatic heterocycles. The number of esters is 1. The number of thiophene rings is 1. The van der Waals surface area contributed by atoms with E-state index in [0.29, 0.717) is 33.0 Å². The maximum absolute atomic E-state index is 13.0. The third-order valence-corrected chi connectivity index (χ3v) is 9.20. The molecule has 0 fully saturated rings. The van der Waals surface area contributed by atoms with Crippen LogP contribution in [0.15, 0.2) is 41.3 Å². The molecule has 196 valence electrons. The second kappa shape index (κ2) is 10.8. The van der Waals surface area contributed by atoms with Crippen molar-refractivity contribution in [2.45, 2.75) is 51.9 Å². The van der Waals surface area contributed by atoms with Crippen molar-refractivity contribution in [1.82, 2.24) is 0 Å². The number of ether oxygens (including phenoxy) is 1. The Morgan fingerprint density at radius 2 is 1.73 bits per heavy atom. The van der Waals surface area contributed by atoms with Crippen molar-refractivity contribution in [3.8, 4) is 0 Å². The Kier molecular flexibility index (Phi) is 7.91. The highest BCUT2D eigenvalue weighted by Gasteiger charge is 2.28. The molecule has 1 aliphatic carbocycles. The lowest BCUT2D eigenvalue weighted by Crippen LogP contribution is -2.20. The molecule has 1 atom stereocenters. The first-order valence-electron chi connectivity index (χ1n) is 12.0. The van der Waals surface area contributed by atoms with E-state index in [-0.39, 0.29) is 10.9 Å². The fraction of sp³-hybridized carbons (Fsp3) is 0.333. The quantitative estimate of drug-likeness (QED) is 0.245. The molecule has 1 unspecified atom stereocenters. The van der Waals surface area contributed by atoms with Crippen molar-refractivity contribution in [3.63, 3.8) is 0 Å². The van der Waals surface area contributed by atoms with Gasteiger partial charge in [0.15, 0.2) is 5.11 Å². The second-order valence-corrected chi connectivity index (χ2v) is 12.7. The molecule has 7 nitrogen and oxygen atoms in total. The Hall–Kier alpha value is -2.95. The number of rotatable bonds is 6. The van der Waals surface area contributed by atoms with E-state index in [1.165, 1.54) is 35.5 Å². The van der Waals surface area contributed by atoms with Crippen molar-refractivity contribution < 1.29 is 17.9 Å². The first-order chi connectivity index (χ1) is 17.5. The summed E-state index contributed by atoms with van der Waals surface area (Å²) in [5.74, 6) is 0.191. The summed E-state index contributed by atoms with van der Waals surface area (Å²) in [6.45, 7) is 7.96. The SMILES string of the molecule is COC(=O)c1c(NC(=S)Nc2ccc(S(=O)(=O)Nc3c(C)cc(C)cc3C)cc2)sc2c1CCC(C)C2. The number of nitrogens with one attached hydrogen (secondary N) is 3. The van der Waals surface area contributed by atoms with Gasteiger partial charge in [-0.2, -0.15) is 0 Å². The van der Waals surface area contributed by atoms with Crippen molar-refractivity contribution in [2.75, 3.05) is 22.5 Å². The summed E-state index contributed by atoms with van der Waals surface area (Å²) in [5, 5.41) is 7.19. The number of benzene rings is 2. The molecule has 37 heavy (non-hydrogen) atoms. The molecule has 2 aromatic carbocycles. The zero-order chi connectivity index (χ0) is 26.9. The van der Waals surface area contributed by atoms with Gasteiger partial charge in [-0.1, -0.05) is 24.6 Å². The minimum atomic E-state index is -3.77. The maximum atomic E-state index is 13.0. The Morgan fingerprint density at radius 3 is 2.35 bits per heavy atom. The summed E-state index contributed by atoms with van der Waals surface area (Å²) >= 11 is 7.03. The number of thiocarbonyl (C=S) groups is 1. The van der Waals surface area contributed by atoms with Gasteiger partial charge in [0.25, 0.3) is 10.0 Å². The molecular formula is C27H31N3O4S3. The van der Waals surface area contributed by atoms with Gasteiger partial charge in [-0.15, -0.1) is 11.3 Å². The minimum absolute atomic E-state index is 0.143. The van der Waals surface area contributed by atoms with Crippen molar-refractivity contribution in [1.29, 1.82) is 0 Å². The van der Waals surface area contributed by atoms with E-state index in [1.807, 2.05) is 32.9 Å². The molecule has 0 saturated heterocycles. The average molecular weight is 558 g/mol. The van der Waals surface area contributed by atoms with Gasteiger partial charge in [0.1, 0.15) is 5.00 Å². The zero-order valence-corrected chi connectivity index (χ0v) is 24.0. The lowest BCUT2D eigenvalue weighted by Gasteiger charge is -2.18. The van der Waals surface area contributed by atoms with Crippen LogP contribution in [-0.2, 0) is 27.6 Å². The largest absolute Gasteiger partial charge is 0.465 e. The molecule has 3 aromatic rings. The van der Waals surface area contributed by atoms with Crippen molar-refractivity contribution >= 4 is 61.0 Å². The van der Waals surface area contributed by atoms with Gasteiger partial charge in [-0.05, 0) is 99.1 Å². The molecule has 10 heteroatoms. The third kappa shape index (κ3) is 5.97. The molecule has 1 heterocycles. The predicted octanol–water partition coefficient (Wildman–Crippen LogP) is 6.19. The molecule has 0 spiro atoms.